The van der Waals surface area contributed by atoms with E-state index >= 15 is 0 Å². The van der Waals surface area contributed by atoms with Gasteiger partial charge in [-0.2, -0.15) is 5.26 Å². The minimum absolute atomic E-state index is 0.0844. The van der Waals surface area contributed by atoms with Crippen molar-refractivity contribution in [3.63, 3.8) is 0 Å². The highest BCUT2D eigenvalue weighted by Crippen LogP contribution is 2.17. The van der Waals surface area contributed by atoms with Crippen LogP contribution < -0.4 is 5.32 Å². The van der Waals surface area contributed by atoms with Gasteiger partial charge in [-0.15, -0.1) is 0 Å². The van der Waals surface area contributed by atoms with Crippen LogP contribution >= 0.6 is 0 Å². The second kappa shape index (κ2) is 6.53. The van der Waals surface area contributed by atoms with Crippen molar-refractivity contribution in [1.29, 1.82) is 5.26 Å². The monoisotopic (exact) mass is 276 g/mol. The lowest BCUT2D eigenvalue weighted by Gasteiger charge is -2.08. The summed E-state index contributed by atoms with van der Waals surface area (Å²) < 4.78 is 0. The second-order valence-corrected chi connectivity index (χ2v) is 4.85. The largest absolute Gasteiger partial charge is 0.321 e. The summed E-state index contributed by atoms with van der Waals surface area (Å²) >= 11 is 0. The Hall–Kier alpha value is -2.86. The summed E-state index contributed by atoms with van der Waals surface area (Å²) in [6.45, 7) is 3.92. The first-order chi connectivity index (χ1) is 10.1. The number of hydrogen-bond acceptors (Lipinski definition) is 2. The first kappa shape index (κ1) is 14.5. The van der Waals surface area contributed by atoms with Crippen LogP contribution in [0.1, 0.15) is 16.7 Å². The summed E-state index contributed by atoms with van der Waals surface area (Å²) in [6.07, 6.45) is 1.58. The van der Waals surface area contributed by atoms with Crippen LogP contribution in [-0.2, 0) is 4.79 Å². The third-order valence-electron chi connectivity index (χ3n) is 3.11. The van der Waals surface area contributed by atoms with Crippen LogP contribution in [0.4, 0.5) is 5.69 Å². The molecule has 3 nitrogen and oxygen atoms in total. The van der Waals surface area contributed by atoms with Crippen molar-refractivity contribution in [2.24, 2.45) is 0 Å². The molecule has 0 saturated heterocycles. The standard InChI is InChI=1S/C18H16N2O/c1-13-8-9-17(14(2)10-13)20-18(21)16(12-19)11-15-6-4-3-5-7-15/h3-11H,1-2H3,(H,20,21)/b16-11-. The number of carbonyl (C=O) groups excluding carboxylic acids is 1. The number of amides is 1. The summed E-state index contributed by atoms with van der Waals surface area (Å²) in [6, 6.07) is 17.0. The quantitative estimate of drug-likeness (QED) is 0.684. The molecule has 104 valence electrons. The van der Waals surface area contributed by atoms with Crippen LogP contribution in [0, 0.1) is 25.2 Å². The lowest BCUT2D eigenvalue weighted by atomic mass is 10.1. The summed E-state index contributed by atoms with van der Waals surface area (Å²) in [7, 11) is 0. The molecule has 0 bridgehead atoms. The highest BCUT2D eigenvalue weighted by atomic mass is 16.1. The molecule has 0 radical (unpaired) electrons. The molecule has 21 heavy (non-hydrogen) atoms. The molecule has 2 aromatic carbocycles. The van der Waals surface area contributed by atoms with Gasteiger partial charge in [0.15, 0.2) is 0 Å². The number of nitriles is 1. The van der Waals surface area contributed by atoms with Gasteiger partial charge >= 0.3 is 0 Å². The third kappa shape index (κ3) is 3.80. The van der Waals surface area contributed by atoms with Gasteiger partial charge in [-0.1, -0.05) is 48.0 Å². The van der Waals surface area contributed by atoms with E-state index in [1.165, 1.54) is 0 Å². The van der Waals surface area contributed by atoms with Gasteiger partial charge < -0.3 is 5.32 Å². The van der Waals surface area contributed by atoms with Crippen LogP contribution in [0.15, 0.2) is 54.1 Å². The topological polar surface area (TPSA) is 52.9 Å². The Morgan fingerprint density at radius 3 is 2.48 bits per heavy atom. The Kier molecular flexibility index (Phi) is 4.53. The molecule has 0 fully saturated rings. The lowest BCUT2D eigenvalue weighted by molar-refractivity contribution is -0.112. The van der Waals surface area contributed by atoms with Gasteiger partial charge in [0.1, 0.15) is 11.6 Å². The van der Waals surface area contributed by atoms with Crippen molar-refractivity contribution in [3.05, 3.63) is 70.8 Å². The van der Waals surface area contributed by atoms with Gasteiger partial charge in [-0.3, -0.25) is 4.79 Å². The summed E-state index contributed by atoms with van der Waals surface area (Å²) in [5, 5.41) is 11.9. The van der Waals surface area contributed by atoms with E-state index in [2.05, 4.69) is 5.32 Å². The maximum absolute atomic E-state index is 12.2. The predicted molar refractivity (Wildman–Crippen MR) is 84.6 cm³/mol. The Morgan fingerprint density at radius 2 is 1.86 bits per heavy atom. The zero-order chi connectivity index (χ0) is 15.2. The van der Waals surface area contributed by atoms with E-state index in [9.17, 15) is 10.1 Å². The minimum Gasteiger partial charge on any atom is -0.321 e. The molecule has 0 atom stereocenters. The molecule has 1 amide bonds. The number of anilines is 1. The first-order valence-corrected chi connectivity index (χ1v) is 6.65. The molecule has 0 aromatic heterocycles. The molecule has 0 saturated carbocycles. The zero-order valence-corrected chi connectivity index (χ0v) is 12.1. The SMILES string of the molecule is Cc1ccc(NC(=O)/C(C#N)=C\c2ccccc2)c(C)c1. The molecule has 0 unspecified atom stereocenters. The van der Waals surface area contributed by atoms with E-state index in [1.54, 1.807) is 6.08 Å². The highest BCUT2D eigenvalue weighted by molar-refractivity contribution is 6.09. The van der Waals surface area contributed by atoms with Gasteiger partial charge in [0, 0.05) is 5.69 Å². The fourth-order valence-corrected chi connectivity index (χ4v) is 2.01. The Morgan fingerprint density at radius 1 is 1.14 bits per heavy atom. The molecule has 0 aliphatic carbocycles. The number of hydrogen-bond donors (Lipinski definition) is 1. The van der Waals surface area contributed by atoms with Crippen molar-refractivity contribution < 1.29 is 4.79 Å². The smallest absolute Gasteiger partial charge is 0.266 e. The van der Waals surface area contributed by atoms with Gasteiger partial charge in [0.2, 0.25) is 0 Å². The molecule has 2 rings (SSSR count). The molecular weight excluding hydrogens is 260 g/mol. The lowest BCUT2D eigenvalue weighted by Crippen LogP contribution is -2.14. The van der Waals surface area contributed by atoms with E-state index < -0.39 is 5.91 Å². The number of aryl methyl sites for hydroxylation is 2. The van der Waals surface area contributed by atoms with Crippen molar-refractivity contribution in [2.75, 3.05) is 5.32 Å². The first-order valence-electron chi connectivity index (χ1n) is 6.65. The Bertz CT molecular complexity index is 725. The summed E-state index contributed by atoms with van der Waals surface area (Å²) in [5.74, 6) is -0.395. The number of rotatable bonds is 3. The number of nitrogens with zero attached hydrogens (tertiary/aromatic N) is 1. The van der Waals surface area contributed by atoms with Crippen LogP contribution in [0.3, 0.4) is 0 Å². The molecule has 1 N–H and O–H groups in total. The van der Waals surface area contributed by atoms with Crippen LogP contribution in [0.2, 0.25) is 0 Å². The predicted octanol–water partition coefficient (Wildman–Crippen LogP) is 3.85. The number of carbonyl (C=O) groups is 1. The minimum atomic E-state index is -0.395. The molecule has 3 heteroatoms. The zero-order valence-electron chi connectivity index (χ0n) is 12.1. The van der Waals surface area contributed by atoms with Gasteiger partial charge in [-0.05, 0) is 37.1 Å². The molecule has 0 aliphatic rings. The van der Waals surface area contributed by atoms with E-state index in [1.807, 2.05) is 68.4 Å². The normalized spacial score (nSPS) is 10.8. The molecular formula is C18H16N2O. The summed E-state index contributed by atoms with van der Waals surface area (Å²) in [5.41, 5.74) is 3.73. The van der Waals surface area contributed by atoms with Gasteiger partial charge in [0.25, 0.3) is 5.91 Å². The van der Waals surface area contributed by atoms with E-state index in [4.69, 9.17) is 0 Å². The number of benzene rings is 2. The molecule has 2 aromatic rings. The molecule has 0 spiro atoms. The third-order valence-corrected chi connectivity index (χ3v) is 3.11. The van der Waals surface area contributed by atoms with E-state index in [0.717, 1.165) is 22.4 Å². The molecule has 0 heterocycles. The second-order valence-electron chi connectivity index (χ2n) is 4.85. The maximum atomic E-state index is 12.2. The Balaban J connectivity index is 2.22. The fourth-order valence-electron chi connectivity index (χ4n) is 2.01. The van der Waals surface area contributed by atoms with Crippen LogP contribution in [-0.4, -0.2) is 5.91 Å². The average Bonchev–Trinajstić information content (AvgIpc) is 2.48. The van der Waals surface area contributed by atoms with Crippen LogP contribution in [0.25, 0.3) is 6.08 Å². The van der Waals surface area contributed by atoms with Crippen molar-refractivity contribution in [2.45, 2.75) is 13.8 Å². The van der Waals surface area contributed by atoms with Crippen LogP contribution in [0.5, 0.6) is 0 Å². The van der Waals surface area contributed by atoms with E-state index in [0.29, 0.717) is 0 Å². The molecule has 0 aliphatic heterocycles. The van der Waals surface area contributed by atoms with Crippen molar-refractivity contribution in [1.82, 2.24) is 0 Å². The van der Waals surface area contributed by atoms with Gasteiger partial charge in [-0.25, -0.2) is 0 Å². The highest BCUT2D eigenvalue weighted by Gasteiger charge is 2.10. The maximum Gasteiger partial charge on any atom is 0.266 e. The van der Waals surface area contributed by atoms with Crippen molar-refractivity contribution >= 4 is 17.7 Å². The Labute approximate surface area is 124 Å². The van der Waals surface area contributed by atoms with Gasteiger partial charge in [0.05, 0.1) is 0 Å². The van der Waals surface area contributed by atoms with E-state index in [-0.39, 0.29) is 5.57 Å². The fraction of sp³-hybridized carbons (Fsp3) is 0.111. The average molecular weight is 276 g/mol. The van der Waals surface area contributed by atoms with Crippen molar-refractivity contribution in [3.8, 4) is 6.07 Å². The summed E-state index contributed by atoms with van der Waals surface area (Å²) in [4.78, 5) is 12.2. The number of nitrogens with one attached hydrogen (secondary N) is 1.